The Kier molecular flexibility index (Phi) is 3.53. The molecule has 0 fully saturated rings. The first kappa shape index (κ1) is 13.5. The summed E-state index contributed by atoms with van der Waals surface area (Å²) in [5, 5.41) is 18.1. The second kappa shape index (κ2) is 5.49. The highest BCUT2D eigenvalue weighted by atomic mass is 32.1. The van der Waals surface area contributed by atoms with E-state index < -0.39 is 0 Å². The molecule has 21 heavy (non-hydrogen) atoms. The molecule has 0 aliphatic carbocycles. The second-order valence-electron chi connectivity index (χ2n) is 4.71. The summed E-state index contributed by atoms with van der Waals surface area (Å²) >= 11 is 5.23. The fourth-order valence-electron chi connectivity index (χ4n) is 2.12. The molecule has 0 aliphatic heterocycles. The van der Waals surface area contributed by atoms with Gasteiger partial charge in [-0.15, -0.1) is 5.10 Å². The molecule has 0 saturated carbocycles. The third-order valence-corrected chi connectivity index (χ3v) is 3.75. The minimum atomic E-state index is -0.109. The van der Waals surface area contributed by atoms with Crippen LogP contribution < -0.4 is 0 Å². The molecule has 5 nitrogen and oxygen atoms in total. The maximum atomic E-state index is 9.71. The zero-order valence-corrected chi connectivity index (χ0v) is 12.2. The first-order valence-corrected chi connectivity index (χ1v) is 6.95. The minimum absolute atomic E-state index is 0.0924. The van der Waals surface area contributed by atoms with Crippen molar-refractivity contribution in [2.24, 2.45) is 0 Å². The monoisotopic (exact) mass is 298 g/mol. The highest BCUT2D eigenvalue weighted by Gasteiger charge is 2.13. The SMILES string of the molecule is CC(c1cn(-c2ccccc2)nn1)n1cccc(O)c1=S. The lowest BCUT2D eigenvalue weighted by Crippen LogP contribution is -2.08. The van der Waals surface area contributed by atoms with Crippen molar-refractivity contribution >= 4 is 12.2 Å². The smallest absolute Gasteiger partial charge is 0.150 e. The summed E-state index contributed by atoms with van der Waals surface area (Å²) in [6, 6.07) is 13.0. The lowest BCUT2D eigenvalue weighted by atomic mass is 10.2. The van der Waals surface area contributed by atoms with Gasteiger partial charge in [0.1, 0.15) is 16.1 Å². The van der Waals surface area contributed by atoms with Crippen LogP contribution in [0.5, 0.6) is 5.75 Å². The zero-order chi connectivity index (χ0) is 14.8. The second-order valence-corrected chi connectivity index (χ2v) is 5.09. The molecular formula is C15H14N4OS. The van der Waals surface area contributed by atoms with E-state index in [1.54, 1.807) is 21.4 Å². The highest BCUT2D eigenvalue weighted by Crippen LogP contribution is 2.20. The molecule has 6 heteroatoms. The van der Waals surface area contributed by atoms with Crippen LogP contribution in [0.1, 0.15) is 18.7 Å². The van der Waals surface area contributed by atoms with Gasteiger partial charge in [-0.1, -0.05) is 35.6 Å². The van der Waals surface area contributed by atoms with Gasteiger partial charge in [-0.2, -0.15) is 0 Å². The van der Waals surface area contributed by atoms with Crippen LogP contribution in [-0.2, 0) is 0 Å². The van der Waals surface area contributed by atoms with Crippen LogP contribution in [0.15, 0.2) is 54.9 Å². The standard InChI is InChI=1S/C15H14N4OS/c1-11(18-9-5-8-14(20)15(18)21)13-10-19(17-16-13)12-6-3-2-4-7-12/h2-11,20H,1H3. The molecule has 3 rings (SSSR count). The molecule has 0 radical (unpaired) electrons. The van der Waals surface area contributed by atoms with Gasteiger partial charge in [-0.3, -0.25) is 0 Å². The van der Waals surface area contributed by atoms with E-state index in [1.165, 1.54) is 0 Å². The van der Waals surface area contributed by atoms with Gasteiger partial charge >= 0.3 is 0 Å². The molecule has 3 aromatic rings. The van der Waals surface area contributed by atoms with Gasteiger partial charge in [0, 0.05) is 6.20 Å². The summed E-state index contributed by atoms with van der Waals surface area (Å²) in [5.74, 6) is 0.0924. The van der Waals surface area contributed by atoms with Gasteiger partial charge in [0.05, 0.1) is 17.9 Å². The molecule has 0 spiro atoms. The predicted molar refractivity (Wildman–Crippen MR) is 82.1 cm³/mol. The first-order chi connectivity index (χ1) is 10.2. The van der Waals surface area contributed by atoms with Crippen LogP contribution in [-0.4, -0.2) is 24.7 Å². The molecule has 0 bridgehead atoms. The average molecular weight is 298 g/mol. The Hall–Kier alpha value is -2.47. The summed E-state index contributed by atoms with van der Waals surface area (Å²) in [4.78, 5) is 0. The van der Waals surface area contributed by atoms with Crippen molar-refractivity contribution < 1.29 is 5.11 Å². The normalized spacial score (nSPS) is 12.2. The van der Waals surface area contributed by atoms with Crippen molar-refractivity contribution in [3.05, 3.63) is 65.2 Å². The molecule has 106 valence electrons. The molecule has 2 aromatic heterocycles. The quantitative estimate of drug-likeness (QED) is 0.755. The van der Waals surface area contributed by atoms with Crippen molar-refractivity contribution in [2.45, 2.75) is 13.0 Å². The number of hydrogen-bond acceptors (Lipinski definition) is 4. The van der Waals surface area contributed by atoms with Gasteiger partial charge in [-0.05, 0) is 31.2 Å². The Morgan fingerprint density at radius 1 is 1.14 bits per heavy atom. The van der Waals surface area contributed by atoms with E-state index in [1.807, 2.05) is 49.6 Å². The van der Waals surface area contributed by atoms with E-state index >= 15 is 0 Å². The van der Waals surface area contributed by atoms with Crippen LogP contribution in [0.25, 0.3) is 5.69 Å². The lowest BCUT2D eigenvalue weighted by Gasteiger charge is -2.13. The van der Waals surface area contributed by atoms with E-state index in [4.69, 9.17) is 12.2 Å². The first-order valence-electron chi connectivity index (χ1n) is 6.54. The largest absolute Gasteiger partial charge is 0.505 e. The molecule has 1 N–H and O–H groups in total. The number of hydrogen-bond donors (Lipinski definition) is 1. The number of pyridine rings is 1. The molecular weight excluding hydrogens is 284 g/mol. The zero-order valence-electron chi connectivity index (χ0n) is 11.4. The van der Waals surface area contributed by atoms with Gasteiger partial charge in [0.15, 0.2) is 0 Å². The topological polar surface area (TPSA) is 55.9 Å². The third kappa shape index (κ3) is 2.57. The molecule has 2 heterocycles. The number of aromatic nitrogens is 4. The lowest BCUT2D eigenvalue weighted by molar-refractivity contribution is 0.458. The highest BCUT2D eigenvalue weighted by molar-refractivity contribution is 7.71. The molecule has 1 unspecified atom stereocenters. The molecule has 0 amide bonds. The van der Waals surface area contributed by atoms with E-state index in [0.717, 1.165) is 11.4 Å². The molecule has 0 aliphatic rings. The van der Waals surface area contributed by atoms with Crippen LogP contribution in [0, 0.1) is 4.64 Å². The Morgan fingerprint density at radius 3 is 2.67 bits per heavy atom. The van der Waals surface area contributed by atoms with Crippen LogP contribution >= 0.6 is 12.2 Å². The van der Waals surface area contributed by atoms with Gasteiger partial charge in [-0.25, -0.2) is 4.68 Å². The summed E-state index contributed by atoms with van der Waals surface area (Å²) in [6.07, 6.45) is 3.69. The van der Waals surface area contributed by atoms with E-state index in [0.29, 0.717) is 4.64 Å². The van der Waals surface area contributed by atoms with Crippen molar-refractivity contribution in [3.63, 3.8) is 0 Å². The third-order valence-electron chi connectivity index (χ3n) is 3.33. The molecule has 1 atom stereocenters. The van der Waals surface area contributed by atoms with Gasteiger partial charge in [0.25, 0.3) is 0 Å². The Morgan fingerprint density at radius 2 is 1.90 bits per heavy atom. The van der Waals surface area contributed by atoms with E-state index in [2.05, 4.69) is 10.3 Å². The maximum Gasteiger partial charge on any atom is 0.150 e. The predicted octanol–water partition coefficient (Wildman–Crippen LogP) is 3.11. The average Bonchev–Trinajstić information content (AvgIpc) is 3.00. The van der Waals surface area contributed by atoms with Crippen molar-refractivity contribution in [1.82, 2.24) is 19.6 Å². The Labute approximate surface area is 127 Å². The number of para-hydroxylation sites is 1. The van der Waals surface area contributed by atoms with Crippen molar-refractivity contribution in [1.29, 1.82) is 0 Å². The van der Waals surface area contributed by atoms with Crippen molar-refractivity contribution in [2.75, 3.05) is 0 Å². The fraction of sp³-hybridized carbons (Fsp3) is 0.133. The van der Waals surface area contributed by atoms with Crippen LogP contribution in [0.3, 0.4) is 0 Å². The Bertz CT molecular complexity index is 810. The maximum absolute atomic E-state index is 9.71. The number of aromatic hydroxyl groups is 1. The van der Waals surface area contributed by atoms with Crippen molar-refractivity contribution in [3.8, 4) is 11.4 Å². The number of rotatable bonds is 3. The van der Waals surface area contributed by atoms with Gasteiger partial charge < -0.3 is 9.67 Å². The summed E-state index contributed by atoms with van der Waals surface area (Å²) < 4.78 is 3.90. The number of benzene rings is 1. The molecule has 0 saturated heterocycles. The molecule has 1 aromatic carbocycles. The number of nitrogens with zero attached hydrogens (tertiary/aromatic N) is 4. The minimum Gasteiger partial charge on any atom is -0.505 e. The fourth-order valence-corrected chi connectivity index (χ4v) is 2.41. The van der Waals surface area contributed by atoms with E-state index in [9.17, 15) is 5.11 Å². The van der Waals surface area contributed by atoms with Gasteiger partial charge in [0.2, 0.25) is 0 Å². The summed E-state index contributed by atoms with van der Waals surface area (Å²) in [6.45, 7) is 1.97. The summed E-state index contributed by atoms with van der Waals surface area (Å²) in [5.41, 5.74) is 1.73. The van der Waals surface area contributed by atoms with E-state index in [-0.39, 0.29) is 11.8 Å². The van der Waals surface area contributed by atoms with Crippen LogP contribution in [0.2, 0.25) is 0 Å². The van der Waals surface area contributed by atoms with Crippen LogP contribution in [0.4, 0.5) is 0 Å². The summed E-state index contributed by atoms with van der Waals surface area (Å²) in [7, 11) is 0. The Balaban J connectivity index is 1.96.